The summed E-state index contributed by atoms with van der Waals surface area (Å²) in [5.41, 5.74) is 0. The lowest BCUT2D eigenvalue weighted by Crippen LogP contribution is -2.43. The largest absolute Gasteiger partial charge is 0.481 e. The van der Waals surface area contributed by atoms with Crippen LogP contribution in [0.25, 0.3) is 0 Å². The standard InChI is InChI=1S/C21H37NO5/c1-5-6-7-8-9-10-13-18(23)14-11-12-15-21(26)27-19(16-20(24)25)17-22(2,3)4/h7-10,18-19,23H,5-6,11-17H2,1-4H3/p+1/b8-7+,10-9+. The first kappa shape index (κ1) is 25.3. The summed E-state index contributed by atoms with van der Waals surface area (Å²) < 4.78 is 5.87. The van der Waals surface area contributed by atoms with E-state index in [1.54, 1.807) is 0 Å². The van der Waals surface area contributed by atoms with Crippen LogP contribution in [-0.2, 0) is 14.3 Å². The van der Waals surface area contributed by atoms with E-state index in [9.17, 15) is 14.7 Å². The maximum absolute atomic E-state index is 12.0. The molecule has 0 bridgehead atoms. The Kier molecular flexibility index (Phi) is 13.5. The second kappa shape index (κ2) is 14.4. The number of carbonyl (C=O) groups excluding carboxylic acids is 1. The fourth-order valence-electron chi connectivity index (χ4n) is 2.62. The molecule has 0 amide bonds. The van der Waals surface area contributed by atoms with Crippen molar-refractivity contribution in [2.75, 3.05) is 27.7 Å². The molecule has 0 rings (SSSR count). The van der Waals surface area contributed by atoms with Gasteiger partial charge in [-0.05, 0) is 25.7 Å². The molecule has 0 aromatic rings. The van der Waals surface area contributed by atoms with E-state index in [0.717, 1.165) is 19.3 Å². The van der Waals surface area contributed by atoms with Gasteiger partial charge in [0, 0.05) is 6.42 Å². The number of carboxylic acids is 1. The minimum atomic E-state index is -0.970. The van der Waals surface area contributed by atoms with Crippen LogP contribution in [-0.4, -0.2) is 66.5 Å². The summed E-state index contributed by atoms with van der Waals surface area (Å²) in [5, 5.41) is 18.9. The quantitative estimate of drug-likeness (QED) is 0.196. The van der Waals surface area contributed by atoms with E-state index in [1.165, 1.54) is 0 Å². The number of rotatable bonds is 15. The van der Waals surface area contributed by atoms with E-state index in [-0.39, 0.29) is 18.8 Å². The first-order valence-corrected chi connectivity index (χ1v) is 9.85. The van der Waals surface area contributed by atoms with Gasteiger partial charge in [0.05, 0.1) is 33.7 Å². The molecule has 0 fully saturated rings. The highest BCUT2D eigenvalue weighted by atomic mass is 16.5. The SMILES string of the molecule is CCC/C=C/C=C/CC(O)CCCCC(=O)OC(CC(=O)O)C[N+](C)(C)C. The number of aliphatic hydroxyl groups excluding tert-OH is 1. The van der Waals surface area contributed by atoms with Gasteiger partial charge in [-0.3, -0.25) is 9.59 Å². The molecule has 0 saturated heterocycles. The predicted octanol–water partition coefficient (Wildman–Crippen LogP) is 3.30. The number of likely N-dealkylation sites (N-methyl/N-ethyl adjacent to an activating group) is 1. The fraction of sp³-hybridized carbons (Fsp3) is 0.714. The second-order valence-electron chi connectivity index (χ2n) is 7.96. The average molecular weight is 385 g/mol. The number of aliphatic hydroxyl groups is 1. The Morgan fingerprint density at radius 2 is 1.78 bits per heavy atom. The summed E-state index contributed by atoms with van der Waals surface area (Å²) in [4.78, 5) is 22.9. The molecule has 0 aliphatic carbocycles. The Morgan fingerprint density at radius 1 is 1.11 bits per heavy atom. The molecule has 6 heteroatoms. The van der Waals surface area contributed by atoms with Crippen molar-refractivity contribution in [2.45, 2.75) is 70.5 Å². The van der Waals surface area contributed by atoms with Gasteiger partial charge in [-0.1, -0.05) is 44.1 Å². The number of allylic oxidation sites excluding steroid dienone is 3. The number of aliphatic carboxylic acids is 1. The molecule has 0 spiro atoms. The number of unbranched alkanes of at least 4 members (excludes halogenated alkanes) is 2. The highest BCUT2D eigenvalue weighted by molar-refractivity contribution is 5.71. The Balaban J connectivity index is 4.04. The summed E-state index contributed by atoms with van der Waals surface area (Å²) in [6.45, 7) is 2.58. The molecule has 0 heterocycles. The number of nitrogens with zero attached hydrogens (tertiary/aromatic N) is 1. The van der Waals surface area contributed by atoms with E-state index in [2.05, 4.69) is 13.0 Å². The van der Waals surface area contributed by atoms with E-state index in [4.69, 9.17) is 9.84 Å². The van der Waals surface area contributed by atoms with Crippen LogP contribution < -0.4 is 0 Å². The van der Waals surface area contributed by atoms with Crippen LogP contribution in [0.15, 0.2) is 24.3 Å². The van der Waals surface area contributed by atoms with Crippen molar-refractivity contribution in [3.63, 3.8) is 0 Å². The third-order valence-electron chi connectivity index (χ3n) is 3.87. The van der Waals surface area contributed by atoms with Crippen LogP contribution in [0.5, 0.6) is 0 Å². The molecule has 0 aromatic heterocycles. The van der Waals surface area contributed by atoms with Crippen molar-refractivity contribution < 1.29 is 29.0 Å². The smallest absolute Gasteiger partial charge is 0.307 e. The number of hydrogen-bond donors (Lipinski definition) is 2. The molecule has 156 valence electrons. The van der Waals surface area contributed by atoms with Crippen LogP contribution in [0.3, 0.4) is 0 Å². The van der Waals surface area contributed by atoms with Crippen molar-refractivity contribution >= 4 is 11.9 Å². The third-order valence-corrected chi connectivity index (χ3v) is 3.87. The summed E-state index contributed by atoms with van der Waals surface area (Å²) in [7, 11) is 5.79. The van der Waals surface area contributed by atoms with Crippen molar-refractivity contribution in [1.29, 1.82) is 0 Å². The van der Waals surface area contributed by atoms with Crippen molar-refractivity contribution in [1.82, 2.24) is 0 Å². The molecule has 27 heavy (non-hydrogen) atoms. The lowest BCUT2D eigenvalue weighted by molar-refractivity contribution is -0.873. The number of carboxylic acid groups (broad SMARTS) is 1. The Bertz CT molecular complexity index is 479. The summed E-state index contributed by atoms with van der Waals surface area (Å²) in [5.74, 6) is -1.34. The first-order chi connectivity index (χ1) is 12.6. The highest BCUT2D eigenvalue weighted by Gasteiger charge is 2.24. The minimum absolute atomic E-state index is 0.182. The third kappa shape index (κ3) is 17.5. The van der Waals surface area contributed by atoms with Gasteiger partial charge in [0.2, 0.25) is 0 Å². The van der Waals surface area contributed by atoms with Crippen LogP contribution in [0.1, 0.15) is 58.3 Å². The summed E-state index contributed by atoms with van der Waals surface area (Å²) in [6, 6.07) is 0. The number of ether oxygens (including phenoxy) is 1. The van der Waals surface area contributed by atoms with Gasteiger partial charge in [-0.2, -0.15) is 0 Å². The van der Waals surface area contributed by atoms with Crippen molar-refractivity contribution in [3.8, 4) is 0 Å². The van der Waals surface area contributed by atoms with E-state index >= 15 is 0 Å². The number of quaternary nitrogens is 1. The molecule has 0 aliphatic heterocycles. The van der Waals surface area contributed by atoms with Gasteiger partial charge in [-0.15, -0.1) is 0 Å². The van der Waals surface area contributed by atoms with Gasteiger partial charge < -0.3 is 19.4 Å². The average Bonchev–Trinajstić information content (AvgIpc) is 2.52. The van der Waals surface area contributed by atoms with Gasteiger partial charge in [0.25, 0.3) is 0 Å². The lowest BCUT2D eigenvalue weighted by Gasteiger charge is -2.28. The van der Waals surface area contributed by atoms with E-state index in [0.29, 0.717) is 30.3 Å². The molecule has 6 nitrogen and oxygen atoms in total. The maximum atomic E-state index is 12.0. The second-order valence-corrected chi connectivity index (χ2v) is 7.96. The van der Waals surface area contributed by atoms with Gasteiger partial charge in [0.15, 0.2) is 6.10 Å². The minimum Gasteiger partial charge on any atom is -0.481 e. The number of esters is 1. The molecular weight excluding hydrogens is 346 g/mol. The zero-order valence-corrected chi connectivity index (χ0v) is 17.4. The monoisotopic (exact) mass is 384 g/mol. The molecule has 0 aliphatic rings. The zero-order chi connectivity index (χ0) is 20.7. The molecule has 0 aromatic carbocycles. The number of hydrogen-bond acceptors (Lipinski definition) is 4. The van der Waals surface area contributed by atoms with Crippen LogP contribution >= 0.6 is 0 Å². The van der Waals surface area contributed by atoms with Crippen LogP contribution in [0, 0.1) is 0 Å². The molecule has 2 atom stereocenters. The molecular formula is C21H38NO5+. The van der Waals surface area contributed by atoms with Gasteiger partial charge in [-0.25, -0.2) is 0 Å². The van der Waals surface area contributed by atoms with Crippen molar-refractivity contribution in [3.05, 3.63) is 24.3 Å². The summed E-state index contributed by atoms with van der Waals surface area (Å²) >= 11 is 0. The van der Waals surface area contributed by atoms with Crippen LogP contribution in [0.2, 0.25) is 0 Å². The predicted molar refractivity (Wildman–Crippen MR) is 107 cm³/mol. The van der Waals surface area contributed by atoms with Gasteiger partial charge >= 0.3 is 11.9 Å². The maximum Gasteiger partial charge on any atom is 0.307 e. The molecule has 0 saturated carbocycles. The molecule has 2 N–H and O–H groups in total. The first-order valence-electron chi connectivity index (χ1n) is 9.85. The fourth-order valence-corrected chi connectivity index (χ4v) is 2.62. The van der Waals surface area contributed by atoms with Crippen molar-refractivity contribution in [2.24, 2.45) is 0 Å². The highest BCUT2D eigenvalue weighted by Crippen LogP contribution is 2.11. The molecule has 2 unspecified atom stereocenters. The Morgan fingerprint density at radius 3 is 2.37 bits per heavy atom. The Labute approximate surface area is 164 Å². The Hall–Kier alpha value is -1.66. The van der Waals surface area contributed by atoms with E-state index < -0.39 is 18.2 Å². The van der Waals surface area contributed by atoms with E-state index in [1.807, 2.05) is 39.4 Å². The van der Waals surface area contributed by atoms with Crippen LogP contribution in [0.4, 0.5) is 0 Å². The normalized spacial score (nSPS) is 14.6. The topological polar surface area (TPSA) is 83.8 Å². The summed E-state index contributed by atoms with van der Waals surface area (Å²) in [6.07, 6.45) is 11.8. The molecule has 0 radical (unpaired) electrons. The lowest BCUT2D eigenvalue weighted by atomic mass is 10.1. The zero-order valence-electron chi connectivity index (χ0n) is 17.4. The van der Waals surface area contributed by atoms with Gasteiger partial charge in [0.1, 0.15) is 6.54 Å². The number of carbonyl (C=O) groups is 2.